The average molecular weight is 290 g/mol. The van der Waals surface area contributed by atoms with Crippen LogP contribution in [-0.4, -0.2) is 27.5 Å². The molecule has 4 nitrogen and oxygen atoms in total. The third-order valence-corrected chi connectivity index (χ3v) is 4.40. The molecule has 0 aromatic carbocycles. The van der Waals surface area contributed by atoms with Crippen molar-refractivity contribution in [1.29, 1.82) is 0 Å². The van der Waals surface area contributed by atoms with Crippen LogP contribution in [0.4, 0.5) is 0 Å². The quantitative estimate of drug-likeness (QED) is 0.858. The Morgan fingerprint density at radius 3 is 2.52 bits per heavy atom. The van der Waals surface area contributed by atoms with E-state index in [-0.39, 0.29) is 17.0 Å². The van der Waals surface area contributed by atoms with E-state index < -0.39 is 0 Å². The molecule has 116 valence electrons. The summed E-state index contributed by atoms with van der Waals surface area (Å²) < 4.78 is 1.58. The molecule has 1 aromatic rings. The Labute approximate surface area is 126 Å². The molecule has 1 aromatic heterocycles. The van der Waals surface area contributed by atoms with E-state index >= 15 is 0 Å². The molecule has 0 aliphatic carbocycles. The van der Waals surface area contributed by atoms with E-state index in [0.29, 0.717) is 18.3 Å². The number of amides is 1. The van der Waals surface area contributed by atoms with Gasteiger partial charge >= 0.3 is 0 Å². The van der Waals surface area contributed by atoms with Crippen LogP contribution >= 0.6 is 0 Å². The van der Waals surface area contributed by atoms with E-state index in [9.17, 15) is 9.59 Å². The van der Waals surface area contributed by atoms with Crippen molar-refractivity contribution >= 4 is 5.91 Å². The molecule has 2 unspecified atom stereocenters. The van der Waals surface area contributed by atoms with Gasteiger partial charge in [0.25, 0.3) is 5.56 Å². The summed E-state index contributed by atoms with van der Waals surface area (Å²) in [6, 6.07) is 3.72. The van der Waals surface area contributed by atoms with Crippen LogP contribution in [0.15, 0.2) is 23.1 Å². The van der Waals surface area contributed by atoms with Crippen molar-refractivity contribution in [1.82, 2.24) is 9.47 Å². The van der Waals surface area contributed by atoms with Crippen LogP contribution in [0, 0.1) is 5.92 Å². The van der Waals surface area contributed by atoms with Crippen LogP contribution in [-0.2, 0) is 11.8 Å². The molecule has 0 N–H and O–H groups in total. The number of aryl methyl sites for hydroxylation is 1. The van der Waals surface area contributed by atoms with Crippen molar-refractivity contribution in [2.24, 2.45) is 13.0 Å². The Hall–Kier alpha value is -1.58. The maximum Gasteiger partial charge on any atom is 0.250 e. The van der Waals surface area contributed by atoms with Crippen LogP contribution in [0.25, 0.3) is 0 Å². The Morgan fingerprint density at radius 2 is 2.00 bits per heavy atom. The molecule has 2 heterocycles. The summed E-state index contributed by atoms with van der Waals surface area (Å²) in [5.74, 6) is 0.941. The molecule has 0 radical (unpaired) electrons. The van der Waals surface area contributed by atoms with Gasteiger partial charge in [-0.2, -0.15) is 0 Å². The summed E-state index contributed by atoms with van der Waals surface area (Å²) in [6.07, 6.45) is 3.40. The molecule has 21 heavy (non-hydrogen) atoms. The molecule has 1 saturated heterocycles. The third kappa shape index (κ3) is 3.55. The van der Waals surface area contributed by atoms with Gasteiger partial charge in [-0.3, -0.25) is 9.59 Å². The van der Waals surface area contributed by atoms with Gasteiger partial charge in [0.2, 0.25) is 5.91 Å². The first-order chi connectivity index (χ1) is 9.68. The molecule has 2 atom stereocenters. The van der Waals surface area contributed by atoms with Gasteiger partial charge in [0, 0.05) is 37.8 Å². The highest BCUT2D eigenvalue weighted by Crippen LogP contribution is 2.32. The minimum Gasteiger partial charge on any atom is -0.338 e. The van der Waals surface area contributed by atoms with Gasteiger partial charge in [-0.05, 0) is 50.7 Å². The number of rotatable bonds is 3. The van der Waals surface area contributed by atoms with Gasteiger partial charge in [-0.25, -0.2) is 0 Å². The normalized spacial score (nSPS) is 20.9. The number of carbonyl (C=O) groups is 1. The number of carbonyl (C=O) groups excluding carboxylic acids is 1. The fourth-order valence-corrected chi connectivity index (χ4v) is 3.09. The highest BCUT2D eigenvalue weighted by atomic mass is 16.2. The second-order valence-electron chi connectivity index (χ2n) is 7.29. The van der Waals surface area contributed by atoms with Crippen molar-refractivity contribution in [3.05, 3.63) is 34.2 Å². The first kappa shape index (κ1) is 15.8. The molecular formula is C17H26N2O2. The van der Waals surface area contributed by atoms with Crippen molar-refractivity contribution in [2.45, 2.75) is 52.0 Å². The number of likely N-dealkylation sites (tertiary alicyclic amines) is 1. The minimum absolute atomic E-state index is 0.0261. The van der Waals surface area contributed by atoms with Crippen LogP contribution in [0.2, 0.25) is 0 Å². The number of nitrogens with zero attached hydrogens (tertiary/aromatic N) is 2. The SMILES string of the molecule is CC(CC1CC(=O)N(C(C)(C)C)C1)c1ccn(C)c(=O)c1. The Morgan fingerprint density at radius 1 is 1.33 bits per heavy atom. The van der Waals surface area contributed by atoms with Gasteiger partial charge in [-0.1, -0.05) is 6.92 Å². The zero-order chi connectivity index (χ0) is 15.8. The summed E-state index contributed by atoms with van der Waals surface area (Å²) in [4.78, 5) is 25.8. The molecule has 1 fully saturated rings. The average Bonchev–Trinajstić information content (AvgIpc) is 2.73. The lowest BCUT2D eigenvalue weighted by molar-refractivity contribution is -0.131. The summed E-state index contributed by atoms with van der Waals surface area (Å²) in [5.41, 5.74) is 0.996. The summed E-state index contributed by atoms with van der Waals surface area (Å²) in [6.45, 7) is 9.21. The van der Waals surface area contributed by atoms with E-state index in [1.165, 1.54) is 0 Å². The number of hydrogen-bond donors (Lipinski definition) is 0. The maximum atomic E-state index is 12.1. The van der Waals surface area contributed by atoms with Crippen LogP contribution in [0.5, 0.6) is 0 Å². The van der Waals surface area contributed by atoms with Crippen molar-refractivity contribution in [2.75, 3.05) is 6.54 Å². The lowest BCUT2D eigenvalue weighted by Gasteiger charge is -2.32. The topological polar surface area (TPSA) is 42.3 Å². The van der Waals surface area contributed by atoms with Gasteiger partial charge < -0.3 is 9.47 Å². The molecule has 1 amide bonds. The van der Waals surface area contributed by atoms with Gasteiger partial charge in [0.05, 0.1) is 0 Å². The number of aromatic nitrogens is 1. The summed E-state index contributed by atoms with van der Waals surface area (Å²) in [7, 11) is 1.76. The molecule has 4 heteroatoms. The zero-order valence-electron chi connectivity index (χ0n) is 13.7. The fraction of sp³-hybridized carbons (Fsp3) is 0.647. The van der Waals surface area contributed by atoms with E-state index in [0.717, 1.165) is 18.5 Å². The smallest absolute Gasteiger partial charge is 0.250 e. The van der Waals surface area contributed by atoms with E-state index in [2.05, 4.69) is 27.7 Å². The summed E-state index contributed by atoms with van der Waals surface area (Å²) in [5, 5.41) is 0. The predicted molar refractivity (Wildman–Crippen MR) is 84.3 cm³/mol. The predicted octanol–water partition coefficient (Wildman–Crippen LogP) is 2.53. The van der Waals surface area contributed by atoms with Gasteiger partial charge in [0.1, 0.15) is 0 Å². The number of pyridine rings is 1. The lowest BCUT2D eigenvalue weighted by Crippen LogP contribution is -2.42. The fourth-order valence-electron chi connectivity index (χ4n) is 3.09. The van der Waals surface area contributed by atoms with E-state index in [1.807, 2.05) is 17.2 Å². The zero-order valence-corrected chi connectivity index (χ0v) is 13.7. The van der Waals surface area contributed by atoms with Gasteiger partial charge in [0.15, 0.2) is 0 Å². The molecular weight excluding hydrogens is 264 g/mol. The Balaban J connectivity index is 2.04. The van der Waals surface area contributed by atoms with Crippen molar-refractivity contribution < 1.29 is 4.79 Å². The van der Waals surface area contributed by atoms with Crippen molar-refractivity contribution in [3.63, 3.8) is 0 Å². The number of hydrogen-bond acceptors (Lipinski definition) is 2. The maximum absolute atomic E-state index is 12.1. The lowest BCUT2D eigenvalue weighted by atomic mass is 9.90. The molecule has 1 aliphatic rings. The highest BCUT2D eigenvalue weighted by Gasteiger charge is 2.36. The first-order valence-electron chi connectivity index (χ1n) is 7.65. The molecule has 1 aliphatic heterocycles. The Bertz CT molecular complexity index is 583. The Kier molecular flexibility index (Phi) is 4.26. The third-order valence-electron chi connectivity index (χ3n) is 4.40. The van der Waals surface area contributed by atoms with E-state index in [1.54, 1.807) is 17.7 Å². The van der Waals surface area contributed by atoms with Crippen LogP contribution in [0.3, 0.4) is 0 Å². The summed E-state index contributed by atoms with van der Waals surface area (Å²) >= 11 is 0. The van der Waals surface area contributed by atoms with Crippen LogP contribution < -0.4 is 5.56 Å². The minimum atomic E-state index is -0.0994. The van der Waals surface area contributed by atoms with Gasteiger partial charge in [-0.15, -0.1) is 0 Å². The monoisotopic (exact) mass is 290 g/mol. The second-order valence-corrected chi connectivity index (χ2v) is 7.29. The molecule has 0 spiro atoms. The van der Waals surface area contributed by atoms with Crippen LogP contribution in [0.1, 0.15) is 52.0 Å². The largest absolute Gasteiger partial charge is 0.338 e. The molecule has 0 saturated carbocycles. The molecule has 0 bridgehead atoms. The highest BCUT2D eigenvalue weighted by molar-refractivity contribution is 5.79. The first-order valence-corrected chi connectivity index (χ1v) is 7.65. The van der Waals surface area contributed by atoms with Crippen molar-refractivity contribution in [3.8, 4) is 0 Å². The van der Waals surface area contributed by atoms with E-state index in [4.69, 9.17) is 0 Å². The molecule has 2 rings (SSSR count). The standard InChI is InChI=1S/C17H26N2O2/c1-12(14-6-7-18(5)15(20)10-14)8-13-9-16(21)19(11-13)17(2,3)4/h6-7,10,12-13H,8-9,11H2,1-5H3. The second kappa shape index (κ2) is 5.66.